The van der Waals surface area contributed by atoms with Gasteiger partial charge in [-0.05, 0) is 26.0 Å². The molecule has 0 aliphatic carbocycles. The highest BCUT2D eigenvalue weighted by Crippen LogP contribution is 2.27. The number of ether oxygens (including phenoxy) is 1. The van der Waals surface area contributed by atoms with Crippen LogP contribution in [0, 0.1) is 12.3 Å². The Morgan fingerprint density at radius 3 is 2.46 bits per heavy atom. The van der Waals surface area contributed by atoms with E-state index in [9.17, 15) is 20.1 Å². The van der Waals surface area contributed by atoms with Crippen molar-refractivity contribution in [1.82, 2.24) is 9.38 Å². The van der Waals surface area contributed by atoms with E-state index in [0.29, 0.717) is 29.4 Å². The average molecular weight is 359 g/mol. The Hall–Kier alpha value is -1.67. The first-order valence-electron chi connectivity index (χ1n) is 7.48. The van der Waals surface area contributed by atoms with E-state index in [1.165, 1.54) is 0 Å². The van der Waals surface area contributed by atoms with E-state index in [1.54, 1.807) is 29.7 Å². The number of imidazole rings is 1. The van der Waals surface area contributed by atoms with Crippen LogP contribution >= 0.6 is 12.4 Å². The van der Waals surface area contributed by atoms with Crippen LogP contribution in [0.25, 0.3) is 5.65 Å². The first-order chi connectivity index (χ1) is 11.0. The Morgan fingerprint density at radius 1 is 1.29 bits per heavy atom. The van der Waals surface area contributed by atoms with E-state index < -0.39 is 25.2 Å². The van der Waals surface area contributed by atoms with E-state index in [-0.39, 0.29) is 24.6 Å². The van der Waals surface area contributed by atoms with Gasteiger partial charge in [0.1, 0.15) is 5.69 Å². The second-order valence-electron chi connectivity index (χ2n) is 5.62. The Labute approximate surface area is 146 Å². The standard InChI is InChI=1S/C16H22N2O5.ClH/c1-3-23-13-5-4-6-18-14(11(2)17-15(13)18)12(22)7-16(8-19,9-20)10-21;/h4-6,19-21H,3,7-10H2,1-2H3;1H. The summed E-state index contributed by atoms with van der Waals surface area (Å²) in [6, 6.07) is 3.53. The van der Waals surface area contributed by atoms with E-state index in [4.69, 9.17) is 4.74 Å². The average Bonchev–Trinajstić information content (AvgIpc) is 2.90. The lowest BCUT2D eigenvalue weighted by Crippen LogP contribution is -2.36. The Bertz CT molecular complexity index is 689. The molecular weight excluding hydrogens is 336 g/mol. The van der Waals surface area contributed by atoms with Crippen molar-refractivity contribution in [1.29, 1.82) is 0 Å². The number of carbonyl (C=O) groups excluding carboxylic acids is 1. The zero-order valence-corrected chi connectivity index (χ0v) is 14.5. The number of ketones is 1. The molecule has 0 saturated heterocycles. The molecular formula is C16H23ClN2O5. The summed E-state index contributed by atoms with van der Waals surface area (Å²) in [5.41, 5.74) is 0.189. The van der Waals surface area contributed by atoms with Crippen LogP contribution in [0.1, 0.15) is 29.5 Å². The molecule has 134 valence electrons. The number of hydrogen-bond acceptors (Lipinski definition) is 6. The van der Waals surface area contributed by atoms with Gasteiger partial charge >= 0.3 is 0 Å². The van der Waals surface area contributed by atoms with Gasteiger partial charge in [0.15, 0.2) is 17.2 Å². The SMILES string of the molecule is CCOc1cccn2c(C(=O)CC(CO)(CO)CO)c(C)nc12.Cl. The quantitative estimate of drug-likeness (QED) is 0.608. The lowest BCUT2D eigenvalue weighted by molar-refractivity contribution is 0.00178. The fourth-order valence-corrected chi connectivity index (χ4v) is 2.50. The molecule has 0 bridgehead atoms. The second kappa shape index (κ2) is 8.43. The van der Waals surface area contributed by atoms with Crippen molar-refractivity contribution in [3.63, 3.8) is 0 Å². The fourth-order valence-electron chi connectivity index (χ4n) is 2.50. The maximum Gasteiger partial charge on any atom is 0.182 e. The van der Waals surface area contributed by atoms with Crippen LogP contribution in [-0.2, 0) is 0 Å². The third kappa shape index (κ3) is 3.70. The lowest BCUT2D eigenvalue weighted by Gasteiger charge is -2.26. The van der Waals surface area contributed by atoms with Crippen molar-refractivity contribution in [2.24, 2.45) is 5.41 Å². The Morgan fingerprint density at radius 2 is 1.92 bits per heavy atom. The number of aromatic nitrogens is 2. The predicted octanol–water partition coefficient (Wildman–Crippen LogP) is 0.999. The molecule has 0 aromatic carbocycles. The van der Waals surface area contributed by atoms with Crippen LogP contribution < -0.4 is 4.74 Å². The smallest absolute Gasteiger partial charge is 0.182 e. The minimum absolute atomic E-state index is 0. The molecule has 0 atom stereocenters. The number of aryl methyl sites for hydroxylation is 1. The summed E-state index contributed by atoms with van der Waals surface area (Å²) in [5, 5.41) is 28.2. The van der Waals surface area contributed by atoms with Gasteiger partial charge in [0.05, 0.1) is 32.1 Å². The largest absolute Gasteiger partial charge is 0.490 e. The van der Waals surface area contributed by atoms with Gasteiger partial charge in [-0.15, -0.1) is 12.4 Å². The first-order valence-corrected chi connectivity index (χ1v) is 7.48. The van der Waals surface area contributed by atoms with Crippen molar-refractivity contribution in [3.8, 4) is 5.75 Å². The number of aliphatic hydroxyl groups is 3. The minimum atomic E-state index is -1.24. The highest BCUT2D eigenvalue weighted by atomic mass is 35.5. The normalized spacial score (nSPS) is 11.4. The number of aliphatic hydroxyl groups excluding tert-OH is 3. The van der Waals surface area contributed by atoms with Crippen LogP contribution in [0.3, 0.4) is 0 Å². The zero-order chi connectivity index (χ0) is 17.0. The van der Waals surface area contributed by atoms with E-state index in [0.717, 1.165) is 0 Å². The molecule has 2 heterocycles. The van der Waals surface area contributed by atoms with Crippen molar-refractivity contribution in [2.45, 2.75) is 20.3 Å². The Kier molecular flexibility index (Phi) is 7.16. The number of rotatable bonds is 8. The number of halogens is 1. The molecule has 0 aliphatic rings. The molecule has 0 spiro atoms. The molecule has 3 N–H and O–H groups in total. The zero-order valence-electron chi connectivity index (χ0n) is 13.7. The summed E-state index contributed by atoms with van der Waals surface area (Å²) in [7, 11) is 0. The number of Topliss-reactive ketones (excluding diaryl/α,β-unsaturated/α-hetero) is 1. The number of pyridine rings is 1. The monoisotopic (exact) mass is 358 g/mol. The van der Waals surface area contributed by atoms with Crippen LogP contribution in [0.2, 0.25) is 0 Å². The molecule has 7 nitrogen and oxygen atoms in total. The van der Waals surface area contributed by atoms with Gasteiger partial charge in [-0.2, -0.15) is 0 Å². The van der Waals surface area contributed by atoms with Crippen LogP contribution in [0.4, 0.5) is 0 Å². The summed E-state index contributed by atoms with van der Waals surface area (Å²) in [6.45, 7) is 2.62. The minimum Gasteiger partial charge on any atom is -0.490 e. The molecule has 0 radical (unpaired) electrons. The van der Waals surface area contributed by atoms with E-state index in [1.807, 2.05) is 6.92 Å². The van der Waals surface area contributed by atoms with Gasteiger partial charge < -0.3 is 20.1 Å². The molecule has 2 aromatic heterocycles. The van der Waals surface area contributed by atoms with Gasteiger partial charge in [-0.25, -0.2) is 4.98 Å². The summed E-state index contributed by atoms with van der Waals surface area (Å²) < 4.78 is 7.16. The summed E-state index contributed by atoms with van der Waals surface area (Å²) in [5.74, 6) is 0.274. The maximum absolute atomic E-state index is 12.7. The van der Waals surface area contributed by atoms with Crippen LogP contribution in [0.15, 0.2) is 18.3 Å². The predicted molar refractivity (Wildman–Crippen MR) is 91.0 cm³/mol. The molecule has 2 rings (SSSR count). The number of carbonyl (C=O) groups is 1. The van der Waals surface area contributed by atoms with Gasteiger partial charge in [0.2, 0.25) is 0 Å². The second-order valence-corrected chi connectivity index (χ2v) is 5.62. The summed E-state index contributed by atoms with van der Waals surface area (Å²) in [6.07, 6.45) is 1.54. The summed E-state index contributed by atoms with van der Waals surface area (Å²) >= 11 is 0. The van der Waals surface area contributed by atoms with Crippen LogP contribution in [0.5, 0.6) is 5.75 Å². The third-order valence-electron chi connectivity index (χ3n) is 3.89. The topological polar surface area (TPSA) is 104 Å². The van der Waals surface area contributed by atoms with Gasteiger partial charge in [0, 0.05) is 18.0 Å². The van der Waals surface area contributed by atoms with E-state index >= 15 is 0 Å². The van der Waals surface area contributed by atoms with Crippen LogP contribution in [-0.4, -0.2) is 56.9 Å². The van der Waals surface area contributed by atoms with E-state index in [2.05, 4.69) is 4.98 Å². The number of nitrogens with zero attached hydrogens (tertiary/aromatic N) is 2. The van der Waals surface area contributed by atoms with Crippen molar-refractivity contribution in [3.05, 3.63) is 29.7 Å². The lowest BCUT2D eigenvalue weighted by atomic mass is 9.84. The Balaban J connectivity index is 0.00000288. The van der Waals surface area contributed by atoms with Gasteiger partial charge in [-0.1, -0.05) is 0 Å². The van der Waals surface area contributed by atoms with Crippen molar-refractivity contribution in [2.75, 3.05) is 26.4 Å². The number of fused-ring (bicyclic) bond motifs is 1. The summed E-state index contributed by atoms with van der Waals surface area (Å²) in [4.78, 5) is 17.1. The maximum atomic E-state index is 12.7. The molecule has 2 aromatic rings. The van der Waals surface area contributed by atoms with Gasteiger partial charge in [0.25, 0.3) is 0 Å². The number of hydrogen-bond donors (Lipinski definition) is 3. The molecule has 8 heteroatoms. The molecule has 24 heavy (non-hydrogen) atoms. The first kappa shape index (κ1) is 20.4. The molecule has 0 fully saturated rings. The van der Waals surface area contributed by atoms with Gasteiger partial charge in [-0.3, -0.25) is 9.20 Å². The third-order valence-corrected chi connectivity index (χ3v) is 3.89. The highest BCUT2D eigenvalue weighted by molar-refractivity contribution is 5.97. The molecule has 0 aliphatic heterocycles. The highest BCUT2D eigenvalue weighted by Gasteiger charge is 2.33. The van der Waals surface area contributed by atoms with Crippen molar-refractivity contribution < 1.29 is 24.9 Å². The molecule has 0 amide bonds. The fraction of sp³-hybridized carbons (Fsp3) is 0.500. The molecule has 0 unspecified atom stereocenters. The molecule has 0 saturated carbocycles. The van der Waals surface area contributed by atoms with Crippen molar-refractivity contribution >= 4 is 23.8 Å².